The van der Waals surface area contributed by atoms with Crippen molar-refractivity contribution in [3.05, 3.63) is 17.5 Å². The fraction of sp³-hybridized carbons (Fsp3) is 0.636. The summed E-state index contributed by atoms with van der Waals surface area (Å²) in [6.07, 6.45) is 3.41. The van der Waals surface area contributed by atoms with Crippen molar-refractivity contribution in [1.82, 2.24) is 15.8 Å². The second-order valence-corrected chi connectivity index (χ2v) is 4.35. The van der Waals surface area contributed by atoms with Gasteiger partial charge < -0.3 is 15.2 Å². The molecule has 2 unspecified atom stereocenters. The number of amides is 1. The van der Waals surface area contributed by atoms with Crippen molar-refractivity contribution in [3.63, 3.8) is 0 Å². The van der Waals surface area contributed by atoms with Gasteiger partial charge in [0.2, 0.25) is 0 Å². The SMILES string of the molecule is Cc1oncc1C(=O)NC1CCNC(C)C1. The van der Waals surface area contributed by atoms with Crippen molar-refractivity contribution in [2.24, 2.45) is 0 Å². The first-order valence-corrected chi connectivity index (χ1v) is 5.62. The van der Waals surface area contributed by atoms with Crippen LogP contribution in [0.25, 0.3) is 0 Å². The van der Waals surface area contributed by atoms with Crippen LogP contribution in [0.2, 0.25) is 0 Å². The van der Waals surface area contributed by atoms with Gasteiger partial charge in [0.1, 0.15) is 11.3 Å². The van der Waals surface area contributed by atoms with Gasteiger partial charge in [-0.2, -0.15) is 0 Å². The molecule has 1 aliphatic heterocycles. The Morgan fingerprint density at radius 2 is 2.50 bits per heavy atom. The molecule has 0 aliphatic carbocycles. The minimum absolute atomic E-state index is 0.0853. The van der Waals surface area contributed by atoms with Crippen molar-refractivity contribution in [3.8, 4) is 0 Å². The number of nitrogens with one attached hydrogen (secondary N) is 2. The monoisotopic (exact) mass is 223 g/mol. The molecule has 0 saturated carbocycles. The Morgan fingerprint density at radius 1 is 1.69 bits per heavy atom. The van der Waals surface area contributed by atoms with Gasteiger partial charge in [-0.15, -0.1) is 0 Å². The van der Waals surface area contributed by atoms with Crippen molar-refractivity contribution >= 4 is 5.91 Å². The largest absolute Gasteiger partial charge is 0.361 e. The number of nitrogens with zero attached hydrogens (tertiary/aromatic N) is 1. The highest BCUT2D eigenvalue weighted by atomic mass is 16.5. The van der Waals surface area contributed by atoms with Gasteiger partial charge in [0.15, 0.2) is 0 Å². The van der Waals surface area contributed by atoms with Crippen LogP contribution >= 0.6 is 0 Å². The molecule has 1 aliphatic rings. The summed E-state index contributed by atoms with van der Waals surface area (Å²) in [6, 6.07) is 0.709. The number of hydrogen-bond donors (Lipinski definition) is 2. The number of carbonyl (C=O) groups excluding carboxylic acids is 1. The molecular formula is C11H17N3O2. The maximum Gasteiger partial charge on any atom is 0.256 e. The lowest BCUT2D eigenvalue weighted by atomic mass is 10.0. The van der Waals surface area contributed by atoms with Crippen molar-refractivity contribution in [2.45, 2.75) is 38.8 Å². The summed E-state index contributed by atoms with van der Waals surface area (Å²) in [5, 5.41) is 9.97. The third kappa shape index (κ3) is 2.41. The van der Waals surface area contributed by atoms with E-state index in [-0.39, 0.29) is 11.9 Å². The Kier molecular flexibility index (Phi) is 3.24. The highest BCUT2D eigenvalue weighted by Gasteiger charge is 2.22. The minimum Gasteiger partial charge on any atom is -0.361 e. The van der Waals surface area contributed by atoms with E-state index in [1.807, 2.05) is 0 Å². The van der Waals surface area contributed by atoms with Crippen molar-refractivity contribution < 1.29 is 9.32 Å². The Bertz CT molecular complexity index is 375. The predicted octanol–water partition coefficient (Wildman–Crippen LogP) is 0.853. The third-order valence-electron chi connectivity index (χ3n) is 2.95. The van der Waals surface area contributed by atoms with Gasteiger partial charge in [-0.3, -0.25) is 4.79 Å². The summed E-state index contributed by atoms with van der Waals surface area (Å²) in [4.78, 5) is 11.9. The maximum atomic E-state index is 11.9. The first-order chi connectivity index (χ1) is 7.66. The molecular weight excluding hydrogens is 206 g/mol. The Morgan fingerprint density at radius 3 is 3.12 bits per heavy atom. The van der Waals surface area contributed by atoms with Gasteiger partial charge in [-0.25, -0.2) is 0 Å². The molecule has 1 saturated heterocycles. The fourth-order valence-electron chi connectivity index (χ4n) is 2.04. The van der Waals surface area contributed by atoms with Gasteiger partial charge in [-0.05, 0) is 33.2 Å². The van der Waals surface area contributed by atoms with E-state index in [0.29, 0.717) is 17.4 Å². The summed E-state index contributed by atoms with van der Waals surface area (Å²) in [6.45, 7) is 4.82. The van der Waals surface area contributed by atoms with E-state index in [1.54, 1.807) is 6.92 Å². The Balaban J connectivity index is 1.95. The molecule has 1 amide bonds. The van der Waals surface area contributed by atoms with Gasteiger partial charge in [0.25, 0.3) is 5.91 Å². The summed E-state index contributed by atoms with van der Waals surface area (Å²) in [5.41, 5.74) is 0.534. The molecule has 2 N–H and O–H groups in total. The molecule has 1 fully saturated rings. The third-order valence-corrected chi connectivity index (χ3v) is 2.95. The van der Waals surface area contributed by atoms with E-state index < -0.39 is 0 Å². The van der Waals surface area contributed by atoms with E-state index in [1.165, 1.54) is 6.20 Å². The molecule has 16 heavy (non-hydrogen) atoms. The number of aromatic nitrogens is 1. The minimum atomic E-state index is -0.0853. The average molecular weight is 223 g/mol. The number of aryl methyl sites for hydroxylation is 1. The quantitative estimate of drug-likeness (QED) is 0.780. The first kappa shape index (κ1) is 11.1. The van der Waals surface area contributed by atoms with E-state index in [0.717, 1.165) is 19.4 Å². The normalized spacial score (nSPS) is 25.4. The predicted molar refractivity (Wildman–Crippen MR) is 59.2 cm³/mol. The average Bonchev–Trinajstić information content (AvgIpc) is 2.64. The van der Waals surface area contributed by atoms with Crippen LogP contribution in [0.4, 0.5) is 0 Å². The van der Waals surface area contributed by atoms with Gasteiger partial charge in [0, 0.05) is 12.1 Å². The van der Waals surface area contributed by atoms with Crippen molar-refractivity contribution in [1.29, 1.82) is 0 Å². The number of hydrogen-bond acceptors (Lipinski definition) is 4. The molecule has 1 aromatic heterocycles. The van der Waals surface area contributed by atoms with E-state index in [4.69, 9.17) is 4.52 Å². The van der Waals surface area contributed by atoms with Crippen molar-refractivity contribution in [2.75, 3.05) is 6.54 Å². The smallest absolute Gasteiger partial charge is 0.256 e. The van der Waals surface area contributed by atoms with Crippen LogP contribution in [-0.4, -0.2) is 29.7 Å². The van der Waals surface area contributed by atoms with Crippen LogP contribution in [0.3, 0.4) is 0 Å². The van der Waals surface area contributed by atoms with E-state index in [2.05, 4.69) is 22.7 Å². The summed E-state index contributed by atoms with van der Waals surface area (Å²) in [7, 11) is 0. The lowest BCUT2D eigenvalue weighted by Gasteiger charge is -2.28. The van der Waals surface area contributed by atoms with Crippen LogP contribution in [0.15, 0.2) is 10.7 Å². The first-order valence-electron chi connectivity index (χ1n) is 5.62. The molecule has 2 heterocycles. The summed E-state index contributed by atoms with van der Waals surface area (Å²) < 4.78 is 4.87. The Labute approximate surface area is 94.6 Å². The fourth-order valence-corrected chi connectivity index (χ4v) is 2.04. The Hall–Kier alpha value is -1.36. The second-order valence-electron chi connectivity index (χ2n) is 4.35. The molecule has 0 bridgehead atoms. The van der Waals surface area contributed by atoms with Crippen LogP contribution in [0.1, 0.15) is 35.9 Å². The van der Waals surface area contributed by atoms with E-state index in [9.17, 15) is 4.79 Å². The standard InChI is InChI=1S/C11H17N3O2/c1-7-5-9(3-4-12-7)14-11(15)10-6-13-16-8(10)2/h6-7,9,12H,3-5H2,1-2H3,(H,14,15). The summed E-state index contributed by atoms with van der Waals surface area (Å²) in [5.74, 6) is 0.484. The van der Waals surface area contributed by atoms with Gasteiger partial charge in [-0.1, -0.05) is 5.16 Å². The lowest BCUT2D eigenvalue weighted by molar-refractivity contribution is 0.0924. The van der Waals surface area contributed by atoms with Gasteiger partial charge in [0.05, 0.1) is 6.20 Å². The molecule has 1 aromatic rings. The van der Waals surface area contributed by atoms with Crippen LogP contribution in [-0.2, 0) is 0 Å². The van der Waals surface area contributed by atoms with Crippen LogP contribution in [0.5, 0.6) is 0 Å². The highest BCUT2D eigenvalue weighted by Crippen LogP contribution is 2.11. The second kappa shape index (κ2) is 4.65. The zero-order chi connectivity index (χ0) is 11.5. The molecule has 2 atom stereocenters. The molecule has 0 radical (unpaired) electrons. The highest BCUT2D eigenvalue weighted by molar-refractivity contribution is 5.94. The molecule has 5 nitrogen and oxygen atoms in total. The lowest BCUT2D eigenvalue weighted by Crippen LogP contribution is -2.46. The van der Waals surface area contributed by atoms with E-state index >= 15 is 0 Å². The molecule has 5 heteroatoms. The molecule has 0 aromatic carbocycles. The summed E-state index contributed by atoms with van der Waals surface area (Å²) >= 11 is 0. The van der Waals surface area contributed by atoms with Crippen LogP contribution < -0.4 is 10.6 Å². The number of carbonyl (C=O) groups is 1. The maximum absolute atomic E-state index is 11.9. The zero-order valence-electron chi connectivity index (χ0n) is 9.62. The van der Waals surface area contributed by atoms with Gasteiger partial charge >= 0.3 is 0 Å². The topological polar surface area (TPSA) is 67.2 Å². The van der Waals surface area contributed by atoms with Crippen LogP contribution in [0, 0.1) is 6.92 Å². The number of piperidine rings is 1. The molecule has 2 rings (SSSR count). The molecule has 88 valence electrons. The number of rotatable bonds is 2. The molecule has 0 spiro atoms. The zero-order valence-corrected chi connectivity index (χ0v) is 9.62.